The Morgan fingerprint density at radius 2 is 2.00 bits per heavy atom. The van der Waals surface area contributed by atoms with Crippen molar-refractivity contribution in [2.24, 2.45) is 11.8 Å². The third kappa shape index (κ3) is 6.88. The van der Waals surface area contributed by atoms with Crippen molar-refractivity contribution in [3.8, 4) is 0 Å². The second kappa shape index (κ2) is 11.6. The standard InChI is InChI=1S/C22H38O4/c1-6-11-12-17(7-2)13-18(8-3)15-22(10-5)16-19(9-4)20(25-26-22)14-21(23)24/h11-12,15,17,19-20H,6-10,13-14,16H2,1-5H3,(H,23,24)/b12-11+,18-15+/t17-,19-,20-,22-/m0/s1. The van der Waals surface area contributed by atoms with Crippen LogP contribution in [0, 0.1) is 11.8 Å². The van der Waals surface area contributed by atoms with Crippen LogP contribution in [-0.2, 0) is 14.6 Å². The van der Waals surface area contributed by atoms with E-state index in [-0.39, 0.29) is 18.4 Å². The maximum atomic E-state index is 11.1. The Labute approximate surface area is 159 Å². The second-order valence-corrected chi connectivity index (χ2v) is 7.47. The Morgan fingerprint density at radius 1 is 1.27 bits per heavy atom. The molecule has 1 aliphatic heterocycles. The summed E-state index contributed by atoms with van der Waals surface area (Å²) >= 11 is 0. The molecule has 1 rings (SSSR count). The molecule has 1 aliphatic rings. The van der Waals surface area contributed by atoms with Crippen molar-refractivity contribution in [1.29, 1.82) is 0 Å². The Kier molecular flexibility index (Phi) is 10.2. The highest BCUT2D eigenvalue weighted by Gasteiger charge is 2.41. The minimum Gasteiger partial charge on any atom is -0.481 e. The Hall–Kier alpha value is -1.13. The molecule has 4 nitrogen and oxygen atoms in total. The largest absolute Gasteiger partial charge is 0.481 e. The molecule has 0 aromatic rings. The van der Waals surface area contributed by atoms with Crippen LogP contribution in [-0.4, -0.2) is 22.8 Å². The van der Waals surface area contributed by atoms with Gasteiger partial charge in [-0.2, -0.15) is 0 Å². The first-order valence-corrected chi connectivity index (χ1v) is 10.4. The number of hydrogen-bond donors (Lipinski definition) is 1. The molecule has 1 fully saturated rings. The van der Waals surface area contributed by atoms with Gasteiger partial charge in [-0.05, 0) is 50.4 Å². The lowest BCUT2D eigenvalue weighted by molar-refractivity contribution is -0.409. The van der Waals surface area contributed by atoms with E-state index in [0.717, 1.165) is 44.9 Å². The smallest absolute Gasteiger partial charge is 0.306 e. The lowest BCUT2D eigenvalue weighted by Gasteiger charge is -2.41. The van der Waals surface area contributed by atoms with E-state index >= 15 is 0 Å². The van der Waals surface area contributed by atoms with E-state index in [4.69, 9.17) is 14.9 Å². The summed E-state index contributed by atoms with van der Waals surface area (Å²) in [5, 5.41) is 9.09. The van der Waals surface area contributed by atoms with Crippen LogP contribution in [0.3, 0.4) is 0 Å². The molecule has 0 spiro atoms. The number of carboxylic acid groups (broad SMARTS) is 1. The summed E-state index contributed by atoms with van der Waals surface area (Å²) in [5.41, 5.74) is 0.961. The highest BCUT2D eigenvalue weighted by atomic mass is 17.2. The molecule has 0 amide bonds. The van der Waals surface area contributed by atoms with Crippen molar-refractivity contribution in [3.63, 3.8) is 0 Å². The summed E-state index contributed by atoms with van der Waals surface area (Å²) in [5.74, 6) is -0.0725. The minimum atomic E-state index is -0.834. The van der Waals surface area contributed by atoms with Gasteiger partial charge >= 0.3 is 5.97 Å². The molecule has 0 aromatic carbocycles. The first-order chi connectivity index (χ1) is 12.4. The maximum absolute atomic E-state index is 11.1. The molecule has 0 aromatic heterocycles. The van der Waals surface area contributed by atoms with Crippen LogP contribution in [0.1, 0.15) is 86.0 Å². The first-order valence-electron chi connectivity index (χ1n) is 10.4. The van der Waals surface area contributed by atoms with Crippen molar-refractivity contribution in [2.45, 2.75) is 97.7 Å². The minimum absolute atomic E-state index is 0.00235. The number of carbonyl (C=O) groups is 1. The van der Waals surface area contributed by atoms with E-state index in [2.05, 4.69) is 52.8 Å². The van der Waals surface area contributed by atoms with Gasteiger partial charge in [0.25, 0.3) is 0 Å². The number of carboxylic acids is 1. The van der Waals surface area contributed by atoms with Gasteiger partial charge in [0.05, 0.1) is 6.42 Å². The molecule has 0 unspecified atom stereocenters. The van der Waals surface area contributed by atoms with Gasteiger partial charge < -0.3 is 5.11 Å². The third-order valence-electron chi connectivity index (χ3n) is 5.58. The lowest BCUT2D eigenvalue weighted by Crippen LogP contribution is -2.44. The zero-order chi connectivity index (χ0) is 19.6. The summed E-state index contributed by atoms with van der Waals surface area (Å²) in [6, 6.07) is 0. The molecule has 4 heteroatoms. The van der Waals surface area contributed by atoms with Crippen LogP contribution >= 0.6 is 0 Å². The highest BCUT2D eigenvalue weighted by Crippen LogP contribution is 2.39. The van der Waals surface area contributed by atoms with Crippen molar-refractivity contribution in [2.75, 3.05) is 0 Å². The molecule has 150 valence electrons. The fourth-order valence-corrected chi connectivity index (χ4v) is 3.70. The number of hydrogen-bond acceptors (Lipinski definition) is 3. The van der Waals surface area contributed by atoms with Crippen molar-refractivity contribution >= 4 is 5.97 Å². The molecule has 1 N–H and O–H groups in total. The van der Waals surface area contributed by atoms with Crippen molar-refractivity contribution < 1.29 is 19.7 Å². The molecule has 1 heterocycles. The maximum Gasteiger partial charge on any atom is 0.306 e. The van der Waals surface area contributed by atoms with Gasteiger partial charge in [-0.3, -0.25) is 4.79 Å². The van der Waals surface area contributed by atoms with E-state index in [1.807, 2.05) is 0 Å². The zero-order valence-corrected chi connectivity index (χ0v) is 17.3. The zero-order valence-electron chi connectivity index (χ0n) is 17.3. The van der Waals surface area contributed by atoms with E-state index in [0.29, 0.717) is 5.92 Å². The fraction of sp³-hybridized carbons (Fsp3) is 0.773. The quantitative estimate of drug-likeness (QED) is 0.356. The molecule has 0 radical (unpaired) electrons. The molecule has 0 aliphatic carbocycles. The third-order valence-corrected chi connectivity index (χ3v) is 5.58. The fourth-order valence-electron chi connectivity index (χ4n) is 3.70. The summed E-state index contributed by atoms with van der Waals surface area (Å²) in [6.07, 6.45) is 13.3. The second-order valence-electron chi connectivity index (χ2n) is 7.47. The molecular formula is C22H38O4. The normalized spacial score (nSPS) is 28.4. The summed E-state index contributed by atoms with van der Waals surface area (Å²) in [6.45, 7) is 10.8. The molecule has 1 saturated heterocycles. The van der Waals surface area contributed by atoms with Gasteiger partial charge in [0.2, 0.25) is 0 Å². The van der Waals surface area contributed by atoms with E-state index in [1.54, 1.807) is 0 Å². The SMILES string of the molecule is CC/C=C/[C@H](CC)C/C(=C/[C@@]1(CC)C[C@H](CC)[C@H](CC(=O)O)OO1)CC. The lowest BCUT2D eigenvalue weighted by atomic mass is 9.80. The average molecular weight is 367 g/mol. The van der Waals surface area contributed by atoms with Gasteiger partial charge in [0, 0.05) is 0 Å². The van der Waals surface area contributed by atoms with Crippen molar-refractivity contribution in [1.82, 2.24) is 0 Å². The van der Waals surface area contributed by atoms with Crippen LogP contribution in [0.15, 0.2) is 23.8 Å². The number of aliphatic carboxylic acids is 1. The Bertz CT molecular complexity index is 483. The van der Waals surface area contributed by atoms with Gasteiger partial charge in [-0.25, -0.2) is 9.78 Å². The van der Waals surface area contributed by atoms with E-state index in [1.165, 1.54) is 5.57 Å². The Morgan fingerprint density at radius 3 is 2.50 bits per heavy atom. The summed E-state index contributed by atoms with van der Waals surface area (Å²) in [7, 11) is 0. The van der Waals surface area contributed by atoms with Crippen LogP contribution in [0.4, 0.5) is 0 Å². The van der Waals surface area contributed by atoms with Crippen LogP contribution in [0.2, 0.25) is 0 Å². The number of allylic oxidation sites excluding steroid dienone is 3. The van der Waals surface area contributed by atoms with E-state index in [9.17, 15) is 4.79 Å². The predicted molar refractivity (Wildman–Crippen MR) is 106 cm³/mol. The van der Waals surface area contributed by atoms with Gasteiger partial charge in [0.1, 0.15) is 11.7 Å². The molecular weight excluding hydrogens is 328 g/mol. The molecule has 0 bridgehead atoms. The topological polar surface area (TPSA) is 55.8 Å². The summed E-state index contributed by atoms with van der Waals surface area (Å²) in [4.78, 5) is 22.5. The van der Waals surface area contributed by atoms with Crippen LogP contribution in [0.25, 0.3) is 0 Å². The molecule has 0 saturated carbocycles. The number of rotatable bonds is 11. The van der Waals surface area contributed by atoms with Crippen LogP contribution < -0.4 is 0 Å². The van der Waals surface area contributed by atoms with Gasteiger partial charge in [-0.1, -0.05) is 64.8 Å². The monoisotopic (exact) mass is 366 g/mol. The molecule has 4 atom stereocenters. The van der Waals surface area contributed by atoms with Crippen molar-refractivity contribution in [3.05, 3.63) is 23.8 Å². The average Bonchev–Trinajstić information content (AvgIpc) is 2.65. The highest BCUT2D eigenvalue weighted by molar-refractivity contribution is 5.67. The Balaban J connectivity index is 2.94. The van der Waals surface area contributed by atoms with E-state index < -0.39 is 11.6 Å². The predicted octanol–water partition coefficient (Wildman–Crippen LogP) is 6.08. The van der Waals surface area contributed by atoms with Gasteiger partial charge in [-0.15, -0.1) is 0 Å². The molecule has 26 heavy (non-hydrogen) atoms. The first kappa shape index (κ1) is 22.9. The summed E-state index contributed by atoms with van der Waals surface area (Å²) < 4.78 is 0. The van der Waals surface area contributed by atoms with Gasteiger partial charge in [0.15, 0.2) is 0 Å². The van der Waals surface area contributed by atoms with Crippen LogP contribution in [0.5, 0.6) is 0 Å².